The van der Waals surface area contributed by atoms with Gasteiger partial charge in [0, 0.05) is 44.5 Å². The average Bonchev–Trinajstić information content (AvgIpc) is 2.57. The van der Waals surface area contributed by atoms with Crippen molar-refractivity contribution in [2.45, 2.75) is 6.42 Å². The van der Waals surface area contributed by atoms with Crippen LogP contribution in [-0.4, -0.2) is 70.8 Å². The Bertz CT molecular complexity index is 556. The molecule has 2 heterocycles. The number of anilines is 2. The lowest BCUT2D eigenvalue weighted by Gasteiger charge is -2.33. The number of piperazine rings is 1. The number of ether oxygens (including phenoxy) is 1. The third-order valence-electron chi connectivity index (χ3n) is 4.36. The van der Waals surface area contributed by atoms with Gasteiger partial charge in [-0.1, -0.05) is 0 Å². The second kappa shape index (κ2) is 7.19. The fourth-order valence-corrected chi connectivity index (χ4v) is 3.10. The minimum Gasteiger partial charge on any atom is -0.481 e. The number of benzene rings is 1. The number of hydrogen-bond acceptors (Lipinski definition) is 5. The van der Waals surface area contributed by atoms with E-state index >= 15 is 0 Å². The number of nitrogens with zero attached hydrogens (tertiary/aromatic N) is 3. The zero-order valence-corrected chi connectivity index (χ0v) is 14.0. The molecule has 1 aromatic rings. The predicted octanol–water partition coefficient (Wildman–Crippen LogP) is 0.773. The molecule has 0 radical (unpaired) electrons. The molecule has 1 saturated heterocycles. The normalized spacial score (nSPS) is 18.1. The van der Waals surface area contributed by atoms with Crippen LogP contribution in [0.2, 0.25) is 0 Å². The molecule has 0 aromatic heterocycles. The number of hydrogen-bond donors (Lipinski definition) is 1. The van der Waals surface area contributed by atoms with Crippen LogP contribution in [0.5, 0.6) is 5.75 Å². The highest BCUT2D eigenvalue weighted by Crippen LogP contribution is 2.35. The molecule has 2 aliphatic heterocycles. The van der Waals surface area contributed by atoms with Crippen LogP contribution in [0.4, 0.5) is 11.4 Å². The first kappa shape index (κ1) is 16.1. The van der Waals surface area contributed by atoms with Crippen molar-refractivity contribution >= 4 is 17.3 Å². The fraction of sp³-hybridized carbons (Fsp3) is 0.588. The molecule has 23 heavy (non-hydrogen) atoms. The van der Waals surface area contributed by atoms with Crippen LogP contribution >= 0.6 is 0 Å². The lowest BCUT2D eigenvalue weighted by Crippen LogP contribution is -2.44. The molecular weight excluding hydrogens is 292 g/mol. The predicted molar refractivity (Wildman–Crippen MR) is 92.5 cm³/mol. The monoisotopic (exact) mass is 318 g/mol. The molecule has 0 unspecified atom stereocenters. The van der Waals surface area contributed by atoms with Crippen LogP contribution < -0.4 is 19.9 Å². The van der Waals surface area contributed by atoms with E-state index in [1.54, 1.807) is 0 Å². The molecule has 0 spiro atoms. The molecule has 1 aromatic carbocycles. The van der Waals surface area contributed by atoms with Gasteiger partial charge in [0.25, 0.3) is 5.91 Å². The van der Waals surface area contributed by atoms with Crippen molar-refractivity contribution in [2.75, 3.05) is 69.8 Å². The Morgan fingerprint density at radius 3 is 2.78 bits per heavy atom. The van der Waals surface area contributed by atoms with Crippen LogP contribution in [0, 0.1) is 0 Å². The zero-order valence-electron chi connectivity index (χ0n) is 14.0. The number of carbonyl (C=O) groups excluding carboxylic acids is 1. The highest BCUT2D eigenvalue weighted by Gasteiger charge is 2.26. The summed E-state index contributed by atoms with van der Waals surface area (Å²) in [4.78, 5) is 18.5. The summed E-state index contributed by atoms with van der Waals surface area (Å²) in [5, 5.41) is 3.36. The first-order chi connectivity index (χ1) is 11.1. The van der Waals surface area contributed by atoms with Crippen molar-refractivity contribution in [3.8, 4) is 5.75 Å². The van der Waals surface area contributed by atoms with Crippen LogP contribution in [0.15, 0.2) is 18.2 Å². The van der Waals surface area contributed by atoms with E-state index < -0.39 is 0 Å². The second-order valence-electron chi connectivity index (χ2n) is 6.38. The molecule has 6 heteroatoms. The Kier molecular flexibility index (Phi) is 5.03. The maximum absolute atomic E-state index is 12.2. The molecule has 1 amide bonds. The molecular formula is C17H26N4O2. The fourth-order valence-electron chi connectivity index (χ4n) is 3.10. The lowest BCUT2D eigenvalue weighted by molar-refractivity contribution is -0.121. The van der Waals surface area contributed by atoms with Gasteiger partial charge in [-0.25, -0.2) is 0 Å². The topological polar surface area (TPSA) is 48.1 Å². The van der Waals surface area contributed by atoms with Crippen LogP contribution in [0.1, 0.15) is 6.42 Å². The molecule has 0 atom stereocenters. The summed E-state index contributed by atoms with van der Waals surface area (Å²) in [5.41, 5.74) is 2.08. The molecule has 3 rings (SSSR count). The Labute approximate surface area is 138 Å². The standard InChI is InChI=1S/C17H26N4O2/c1-19(2)8-3-9-21-15-5-4-14(20-10-6-18-7-11-20)12-16(15)23-13-17(21)22/h4-5,12,18H,3,6-11,13H2,1-2H3. The zero-order chi connectivity index (χ0) is 16.2. The van der Waals surface area contributed by atoms with E-state index in [9.17, 15) is 4.79 Å². The van der Waals surface area contributed by atoms with E-state index in [-0.39, 0.29) is 12.5 Å². The molecule has 1 fully saturated rings. The number of fused-ring (bicyclic) bond motifs is 1. The maximum atomic E-state index is 12.2. The summed E-state index contributed by atoms with van der Waals surface area (Å²) in [5.74, 6) is 0.872. The van der Waals surface area contributed by atoms with Gasteiger partial charge in [0.15, 0.2) is 6.61 Å². The summed E-state index contributed by atoms with van der Waals surface area (Å²) >= 11 is 0. The Hall–Kier alpha value is -1.79. The first-order valence-corrected chi connectivity index (χ1v) is 8.33. The van der Waals surface area contributed by atoms with Gasteiger partial charge in [0.2, 0.25) is 0 Å². The summed E-state index contributed by atoms with van der Waals surface area (Å²) in [6.45, 7) is 5.87. The first-order valence-electron chi connectivity index (χ1n) is 8.33. The minimum atomic E-state index is 0.0474. The van der Waals surface area contributed by atoms with Crippen molar-refractivity contribution in [3.05, 3.63) is 18.2 Å². The highest BCUT2D eigenvalue weighted by atomic mass is 16.5. The largest absolute Gasteiger partial charge is 0.481 e. The van der Waals surface area contributed by atoms with Crippen molar-refractivity contribution in [2.24, 2.45) is 0 Å². The summed E-state index contributed by atoms with van der Waals surface area (Å²) in [6.07, 6.45) is 0.956. The van der Waals surface area contributed by atoms with E-state index in [0.29, 0.717) is 0 Å². The van der Waals surface area contributed by atoms with Crippen LogP contribution in [0.25, 0.3) is 0 Å². The van der Waals surface area contributed by atoms with E-state index in [0.717, 1.165) is 57.1 Å². The smallest absolute Gasteiger partial charge is 0.265 e. The average molecular weight is 318 g/mol. The summed E-state index contributed by atoms with van der Waals surface area (Å²) in [6, 6.07) is 6.20. The molecule has 6 nitrogen and oxygen atoms in total. The van der Waals surface area contributed by atoms with Gasteiger partial charge in [-0.05, 0) is 39.2 Å². The van der Waals surface area contributed by atoms with Gasteiger partial charge in [-0.15, -0.1) is 0 Å². The number of amides is 1. The van der Waals surface area contributed by atoms with Gasteiger partial charge in [-0.3, -0.25) is 4.79 Å². The molecule has 0 bridgehead atoms. The quantitative estimate of drug-likeness (QED) is 0.869. The third kappa shape index (κ3) is 3.76. The summed E-state index contributed by atoms with van der Waals surface area (Å²) < 4.78 is 5.68. The second-order valence-corrected chi connectivity index (χ2v) is 6.38. The van der Waals surface area contributed by atoms with Crippen molar-refractivity contribution in [1.29, 1.82) is 0 Å². The van der Waals surface area contributed by atoms with Crippen molar-refractivity contribution in [1.82, 2.24) is 10.2 Å². The van der Waals surface area contributed by atoms with Crippen LogP contribution in [-0.2, 0) is 4.79 Å². The molecule has 2 aliphatic rings. The summed E-state index contributed by atoms with van der Waals surface area (Å²) in [7, 11) is 4.10. The van der Waals surface area contributed by atoms with Crippen molar-refractivity contribution < 1.29 is 9.53 Å². The SMILES string of the molecule is CN(C)CCCN1C(=O)COc2cc(N3CCNCC3)ccc21. The Balaban J connectivity index is 1.74. The van der Waals surface area contributed by atoms with E-state index in [1.165, 1.54) is 5.69 Å². The van der Waals surface area contributed by atoms with Crippen LogP contribution in [0.3, 0.4) is 0 Å². The number of nitrogens with one attached hydrogen (secondary N) is 1. The Morgan fingerprint density at radius 2 is 2.04 bits per heavy atom. The van der Waals surface area contributed by atoms with Crippen molar-refractivity contribution in [3.63, 3.8) is 0 Å². The number of carbonyl (C=O) groups is 1. The van der Waals surface area contributed by atoms with E-state index in [1.807, 2.05) is 11.0 Å². The lowest BCUT2D eigenvalue weighted by atomic mass is 10.1. The van der Waals surface area contributed by atoms with Gasteiger partial charge in [0.1, 0.15) is 5.75 Å². The van der Waals surface area contributed by atoms with Gasteiger partial charge < -0.3 is 24.8 Å². The van der Waals surface area contributed by atoms with Gasteiger partial charge in [-0.2, -0.15) is 0 Å². The molecule has 1 N–H and O–H groups in total. The molecule has 0 aliphatic carbocycles. The van der Waals surface area contributed by atoms with Gasteiger partial charge in [0.05, 0.1) is 5.69 Å². The third-order valence-corrected chi connectivity index (χ3v) is 4.36. The highest BCUT2D eigenvalue weighted by molar-refractivity contribution is 5.98. The number of rotatable bonds is 5. The molecule has 0 saturated carbocycles. The molecule has 126 valence electrons. The maximum Gasteiger partial charge on any atom is 0.265 e. The van der Waals surface area contributed by atoms with E-state index in [2.05, 4.69) is 41.3 Å². The minimum absolute atomic E-state index is 0.0474. The Morgan fingerprint density at radius 1 is 1.26 bits per heavy atom. The van der Waals surface area contributed by atoms with Gasteiger partial charge >= 0.3 is 0 Å². The van der Waals surface area contributed by atoms with E-state index in [4.69, 9.17) is 4.74 Å².